The maximum Gasteiger partial charge on any atom is 0.0885 e. The molecule has 0 bridgehead atoms. The summed E-state index contributed by atoms with van der Waals surface area (Å²) in [6.45, 7) is 0.252. The van der Waals surface area contributed by atoms with Gasteiger partial charge in [-0.1, -0.05) is 56.8 Å². The first kappa shape index (κ1) is 17.1. The molecule has 0 fully saturated rings. The number of halogens is 4. The van der Waals surface area contributed by atoms with Gasteiger partial charge in [-0.05, 0) is 35.9 Å². The van der Waals surface area contributed by atoms with Gasteiger partial charge in [-0.3, -0.25) is 0 Å². The lowest BCUT2D eigenvalue weighted by molar-refractivity contribution is 0.147. The van der Waals surface area contributed by atoms with Gasteiger partial charge in [-0.2, -0.15) is 0 Å². The lowest BCUT2D eigenvalue weighted by atomic mass is 9.89. The summed E-state index contributed by atoms with van der Waals surface area (Å²) in [5.41, 5.74) is 7.26. The van der Waals surface area contributed by atoms with E-state index in [1.54, 1.807) is 30.3 Å². The molecule has 0 spiro atoms. The monoisotopic (exact) mass is 407 g/mol. The lowest BCUT2D eigenvalue weighted by Crippen LogP contribution is -2.20. The van der Waals surface area contributed by atoms with Crippen molar-refractivity contribution in [2.24, 2.45) is 5.73 Å². The number of aliphatic hydroxyl groups is 1. The third-order valence-corrected chi connectivity index (χ3v) is 4.86. The molecule has 112 valence electrons. The van der Waals surface area contributed by atoms with Gasteiger partial charge in [0, 0.05) is 27.5 Å². The Kier molecular flexibility index (Phi) is 5.95. The highest BCUT2D eigenvalue weighted by Crippen LogP contribution is 2.37. The largest absolute Gasteiger partial charge is 0.388 e. The number of aliphatic hydroxyl groups excluding tert-OH is 1. The fraction of sp³-hybridized carbons (Fsp3) is 0.200. The van der Waals surface area contributed by atoms with Gasteiger partial charge in [0.15, 0.2) is 0 Å². The zero-order valence-corrected chi connectivity index (χ0v) is 14.7. The van der Waals surface area contributed by atoms with Crippen molar-refractivity contribution in [3.8, 4) is 0 Å². The van der Waals surface area contributed by atoms with Gasteiger partial charge in [-0.15, -0.1) is 0 Å². The van der Waals surface area contributed by atoms with Crippen molar-refractivity contribution >= 4 is 50.7 Å². The lowest BCUT2D eigenvalue weighted by Gasteiger charge is -2.23. The Morgan fingerprint density at radius 3 is 2.29 bits per heavy atom. The Labute approximate surface area is 146 Å². The van der Waals surface area contributed by atoms with Crippen LogP contribution in [-0.4, -0.2) is 11.7 Å². The molecule has 21 heavy (non-hydrogen) atoms. The molecule has 0 aromatic heterocycles. The van der Waals surface area contributed by atoms with Gasteiger partial charge in [0.1, 0.15) is 0 Å². The number of rotatable bonds is 4. The van der Waals surface area contributed by atoms with Crippen LogP contribution < -0.4 is 5.73 Å². The minimum atomic E-state index is -0.836. The molecule has 2 aromatic carbocycles. The molecule has 2 unspecified atom stereocenters. The van der Waals surface area contributed by atoms with E-state index in [1.807, 2.05) is 6.07 Å². The molecule has 2 atom stereocenters. The van der Waals surface area contributed by atoms with Crippen molar-refractivity contribution in [3.05, 3.63) is 67.1 Å². The number of benzene rings is 2. The molecule has 3 N–H and O–H groups in total. The van der Waals surface area contributed by atoms with Crippen LogP contribution >= 0.6 is 50.7 Å². The molecule has 0 radical (unpaired) electrons. The molecule has 0 aliphatic heterocycles. The van der Waals surface area contributed by atoms with Crippen LogP contribution in [0.15, 0.2) is 40.9 Å². The molecule has 6 heteroatoms. The predicted molar refractivity (Wildman–Crippen MR) is 92.4 cm³/mol. The number of nitrogens with two attached hydrogens (primary N) is 1. The van der Waals surface area contributed by atoms with E-state index in [1.165, 1.54) is 0 Å². The summed E-state index contributed by atoms with van der Waals surface area (Å²) >= 11 is 21.5. The topological polar surface area (TPSA) is 46.2 Å². The van der Waals surface area contributed by atoms with Crippen LogP contribution in [0.2, 0.25) is 15.1 Å². The van der Waals surface area contributed by atoms with Crippen molar-refractivity contribution in [1.29, 1.82) is 0 Å². The summed E-state index contributed by atoms with van der Waals surface area (Å²) in [5.74, 6) is -0.327. The van der Waals surface area contributed by atoms with Crippen molar-refractivity contribution in [2.45, 2.75) is 12.0 Å². The Hall–Kier alpha value is -0.290. The van der Waals surface area contributed by atoms with E-state index in [9.17, 15) is 5.11 Å². The highest BCUT2D eigenvalue weighted by molar-refractivity contribution is 9.10. The SMILES string of the molecule is NCC(c1ccc(Cl)c(Cl)c1)C(O)c1cc(Br)ccc1Cl. The van der Waals surface area contributed by atoms with Crippen molar-refractivity contribution in [3.63, 3.8) is 0 Å². The van der Waals surface area contributed by atoms with E-state index in [2.05, 4.69) is 15.9 Å². The zero-order valence-electron chi connectivity index (χ0n) is 10.9. The maximum atomic E-state index is 10.6. The first-order valence-electron chi connectivity index (χ1n) is 6.22. The van der Waals surface area contributed by atoms with E-state index >= 15 is 0 Å². The molecule has 0 saturated heterocycles. The van der Waals surface area contributed by atoms with Gasteiger partial charge >= 0.3 is 0 Å². The van der Waals surface area contributed by atoms with Gasteiger partial charge in [0.2, 0.25) is 0 Å². The first-order chi connectivity index (χ1) is 9.93. The summed E-state index contributed by atoms with van der Waals surface area (Å²) in [7, 11) is 0. The molecule has 0 heterocycles. The quantitative estimate of drug-likeness (QED) is 0.730. The highest BCUT2D eigenvalue weighted by Gasteiger charge is 2.24. The van der Waals surface area contributed by atoms with Crippen LogP contribution in [0.4, 0.5) is 0 Å². The summed E-state index contributed by atoms with van der Waals surface area (Å²) in [4.78, 5) is 0. The second-order valence-corrected chi connectivity index (χ2v) is 6.76. The van der Waals surface area contributed by atoms with Gasteiger partial charge in [0.05, 0.1) is 16.1 Å². The number of hydrogen-bond acceptors (Lipinski definition) is 2. The van der Waals surface area contributed by atoms with Crippen LogP contribution in [-0.2, 0) is 0 Å². The second-order valence-electron chi connectivity index (χ2n) is 4.63. The van der Waals surface area contributed by atoms with Gasteiger partial charge in [0.25, 0.3) is 0 Å². The normalized spacial score (nSPS) is 14.0. The van der Waals surface area contributed by atoms with E-state index < -0.39 is 6.10 Å². The number of hydrogen-bond donors (Lipinski definition) is 2. The average Bonchev–Trinajstić information content (AvgIpc) is 2.46. The molecule has 0 aliphatic rings. The predicted octanol–water partition coefficient (Wildman–Crippen LogP) is 5.19. The Bertz CT molecular complexity index is 651. The smallest absolute Gasteiger partial charge is 0.0885 e. The fourth-order valence-corrected chi connectivity index (χ4v) is 3.06. The summed E-state index contributed by atoms with van der Waals surface area (Å²) in [6.07, 6.45) is -0.836. The van der Waals surface area contributed by atoms with Crippen LogP contribution in [0.3, 0.4) is 0 Å². The second kappa shape index (κ2) is 7.32. The van der Waals surface area contributed by atoms with Crippen LogP contribution in [0.25, 0.3) is 0 Å². The van der Waals surface area contributed by atoms with E-state index in [4.69, 9.17) is 40.5 Å². The minimum absolute atomic E-state index is 0.252. The average molecular weight is 410 g/mol. The third-order valence-electron chi connectivity index (χ3n) is 3.28. The molecule has 0 aliphatic carbocycles. The van der Waals surface area contributed by atoms with Crippen molar-refractivity contribution in [2.75, 3.05) is 6.54 Å². The summed E-state index contributed by atoms with van der Waals surface area (Å²) < 4.78 is 0.839. The molecule has 2 nitrogen and oxygen atoms in total. The third kappa shape index (κ3) is 3.92. The van der Waals surface area contributed by atoms with Crippen molar-refractivity contribution in [1.82, 2.24) is 0 Å². The Balaban J connectivity index is 2.40. The molecule has 2 rings (SSSR count). The van der Waals surface area contributed by atoms with Crippen LogP contribution in [0, 0.1) is 0 Å². The van der Waals surface area contributed by atoms with Crippen molar-refractivity contribution < 1.29 is 5.11 Å². The Morgan fingerprint density at radius 1 is 1.00 bits per heavy atom. The van der Waals surface area contributed by atoms with Crippen LogP contribution in [0.1, 0.15) is 23.1 Å². The molecule has 0 saturated carbocycles. The summed E-state index contributed by atoms with van der Waals surface area (Å²) in [6, 6.07) is 10.5. The fourth-order valence-electron chi connectivity index (χ4n) is 2.15. The zero-order chi connectivity index (χ0) is 15.6. The highest BCUT2D eigenvalue weighted by atomic mass is 79.9. The molecule has 0 amide bonds. The maximum absolute atomic E-state index is 10.6. The molecule has 2 aromatic rings. The summed E-state index contributed by atoms with van der Waals surface area (Å²) in [5, 5.41) is 12.0. The molecular weight excluding hydrogens is 396 g/mol. The Morgan fingerprint density at radius 2 is 1.67 bits per heavy atom. The molecular formula is C15H13BrCl3NO. The van der Waals surface area contributed by atoms with E-state index in [0.717, 1.165) is 10.0 Å². The van der Waals surface area contributed by atoms with Gasteiger partial charge < -0.3 is 10.8 Å². The first-order valence-corrected chi connectivity index (χ1v) is 8.14. The van der Waals surface area contributed by atoms with Gasteiger partial charge in [-0.25, -0.2) is 0 Å². The van der Waals surface area contributed by atoms with Crippen LogP contribution in [0.5, 0.6) is 0 Å². The minimum Gasteiger partial charge on any atom is -0.388 e. The standard InChI is InChI=1S/C15H13BrCl3NO/c16-9-2-4-12(17)10(6-9)15(21)11(7-20)8-1-3-13(18)14(19)5-8/h1-6,11,15,21H,7,20H2. The van der Waals surface area contributed by atoms with E-state index in [-0.39, 0.29) is 12.5 Å². The van der Waals surface area contributed by atoms with E-state index in [0.29, 0.717) is 20.6 Å².